The zero-order chi connectivity index (χ0) is 22.6. The maximum Gasteiger partial charge on any atom is 0.338 e. The molecule has 2 aromatic carbocycles. The summed E-state index contributed by atoms with van der Waals surface area (Å²) in [5.41, 5.74) is 0.448. The summed E-state index contributed by atoms with van der Waals surface area (Å²) in [7, 11) is -3.84. The number of esters is 1. The molecule has 7 nitrogen and oxygen atoms in total. The number of rotatable bonds is 6. The first-order valence-electron chi connectivity index (χ1n) is 9.75. The zero-order valence-corrected chi connectivity index (χ0v) is 19.1. The SMILES string of the molecule is CC(OC(=O)c1ccc(Cl)c(S(=O)(=O)N2CCCCC2)c1)C(=O)Nc1cccc(Cl)c1. The van der Waals surface area contributed by atoms with Gasteiger partial charge in [0.2, 0.25) is 10.0 Å². The molecule has 31 heavy (non-hydrogen) atoms. The second kappa shape index (κ2) is 9.99. The summed E-state index contributed by atoms with van der Waals surface area (Å²) in [4.78, 5) is 24.7. The third-order valence-electron chi connectivity index (χ3n) is 4.84. The van der Waals surface area contributed by atoms with Crippen molar-refractivity contribution in [2.75, 3.05) is 18.4 Å². The minimum atomic E-state index is -3.84. The molecule has 166 valence electrons. The monoisotopic (exact) mass is 484 g/mol. The standard InChI is InChI=1S/C21H22Cl2N2O5S/c1-14(20(26)24-17-7-5-6-16(22)13-17)30-21(27)15-8-9-18(23)19(12-15)31(28,29)25-10-3-2-4-11-25/h5-9,12-14H,2-4,10-11H2,1H3,(H,24,26). The van der Waals surface area contributed by atoms with E-state index in [2.05, 4.69) is 5.32 Å². The van der Waals surface area contributed by atoms with Gasteiger partial charge < -0.3 is 10.1 Å². The molecule has 0 saturated carbocycles. The lowest BCUT2D eigenvalue weighted by atomic mass is 10.2. The number of halogens is 2. The van der Waals surface area contributed by atoms with E-state index in [0.717, 1.165) is 19.3 Å². The molecule has 1 unspecified atom stereocenters. The fourth-order valence-electron chi connectivity index (χ4n) is 3.16. The minimum absolute atomic E-state index is 0.0117. The molecule has 2 aromatic rings. The first-order chi connectivity index (χ1) is 14.7. The largest absolute Gasteiger partial charge is 0.449 e. The van der Waals surface area contributed by atoms with Crippen LogP contribution in [0.15, 0.2) is 47.4 Å². The molecule has 0 bridgehead atoms. The average molecular weight is 485 g/mol. The van der Waals surface area contributed by atoms with Gasteiger partial charge in [-0.3, -0.25) is 4.79 Å². The van der Waals surface area contributed by atoms with Crippen LogP contribution in [0.4, 0.5) is 5.69 Å². The van der Waals surface area contributed by atoms with Crippen LogP contribution < -0.4 is 5.32 Å². The van der Waals surface area contributed by atoms with E-state index in [9.17, 15) is 18.0 Å². The van der Waals surface area contributed by atoms with E-state index < -0.39 is 28.0 Å². The van der Waals surface area contributed by atoms with Crippen molar-refractivity contribution in [2.45, 2.75) is 37.2 Å². The number of sulfonamides is 1. The summed E-state index contributed by atoms with van der Waals surface area (Å²) in [6, 6.07) is 10.4. The van der Waals surface area contributed by atoms with Gasteiger partial charge in [0.1, 0.15) is 4.90 Å². The van der Waals surface area contributed by atoms with Crippen LogP contribution in [0, 0.1) is 0 Å². The Balaban J connectivity index is 1.73. The summed E-state index contributed by atoms with van der Waals surface area (Å²) in [5.74, 6) is -1.38. The molecule has 0 radical (unpaired) electrons. The Bertz CT molecular complexity index is 1080. The van der Waals surface area contributed by atoms with Gasteiger partial charge >= 0.3 is 5.97 Å². The molecule has 0 spiro atoms. The highest BCUT2D eigenvalue weighted by Crippen LogP contribution is 2.28. The number of benzene rings is 2. The Morgan fingerprint density at radius 1 is 1.06 bits per heavy atom. The molecule has 1 N–H and O–H groups in total. The van der Waals surface area contributed by atoms with Crippen molar-refractivity contribution < 1.29 is 22.7 Å². The van der Waals surface area contributed by atoms with Crippen LogP contribution in [0.3, 0.4) is 0 Å². The third-order valence-corrected chi connectivity index (χ3v) is 7.46. The Labute approximate surface area is 191 Å². The number of hydrogen-bond acceptors (Lipinski definition) is 5. The third kappa shape index (κ3) is 5.77. The van der Waals surface area contributed by atoms with Gasteiger partial charge in [-0.2, -0.15) is 4.31 Å². The van der Waals surface area contributed by atoms with E-state index in [1.165, 1.54) is 29.4 Å². The van der Waals surface area contributed by atoms with Crippen LogP contribution in [0.2, 0.25) is 10.0 Å². The minimum Gasteiger partial charge on any atom is -0.449 e. The summed E-state index contributed by atoms with van der Waals surface area (Å²) in [6.07, 6.45) is 1.40. The number of nitrogens with zero attached hydrogens (tertiary/aromatic N) is 1. The lowest BCUT2D eigenvalue weighted by Gasteiger charge is -2.26. The van der Waals surface area contributed by atoms with Gasteiger partial charge in [0.15, 0.2) is 6.10 Å². The molecule has 0 aliphatic carbocycles. The van der Waals surface area contributed by atoms with E-state index in [1.54, 1.807) is 24.3 Å². The number of ether oxygens (including phenoxy) is 1. The van der Waals surface area contributed by atoms with E-state index in [4.69, 9.17) is 27.9 Å². The highest BCUT2D eigenvalue weighted by Gasteiger charge is 2.29. The molecule has 1 aliphatic rings. The van der Waals surface area contributed by atoms with Crippen LogP contribution in [-0.2, 0) is 19.6 Å². The number of hydrogen-bond donors (Lipinski definition) is 1. The highest BCUT2D eigenvalue weighted by molar-refractivity contribution is 7.89. The second-order valence-electron chi connectivity index (χ2n) is 7.16. The molecule has 0 aromatic heterocycles. The Morgan fingerprint density at radius 3 is 2.45 bits per heavy atom. The Hall–Kier alpha value is -2.13. The van der Waals surface area contributed by atoms with E-state index in [-0.39, 0.29) is 15.5 Å². The van der Waals surface area contributed by atoms with Crippen LogP contribution in [0.5, 0.6) is 0 Å². The van der Waals surface area contributed by atoms with Gasteiger partial charge in [-0.05, 0) is 56.2 Å². The lowest BCUT2D eigenvalue weighted by molar-refractivity contribution is -0.123. The predicted octanol–water partition coefficient (Wildman–Crippen LogP) is 4.35. The van der Waals surface area contributed by atoms with Gasteiger partial charge in [-0.15, -0.1) is 0 Å². The maximum atomic E-state index is 13.0. The van der Waals surface area contributed by atoms with Crippen molar-refractivity contribution in [3.63, 3.8) is 0 Å². The number of carbonyl (C=O) groups excluding carboxylic acids is 2. The lowest BCUT2D eigenvalue weighted by Crippen LogP contribution is -2.36. The van der Waals surface area contributed by atoms with Crippen LogP contribution in [0.1, 0.15) is 36.5 Å². The van der Waals surface area contributed by atoms with Gasteiger partial charge in [0, 0.05) is 23.8 Å². The van der Waals surface area contributed by atoms with Crippen LogP contribution >= 0.6 is 23.2 Å². The number of piperidine rings is 1. The van der Waals surface area contributed by atoms with E-state index in [0.29, 0.717) is 23.8 Å². The molecule has 1 fully saturated rings. The molecule has 10 heteroatoms. The maximum absolute atomic E-state index is 13.0. The fraction of sp³-hybridized carbons (Fsp3) is 0.333. The topological polar surface area (TPSA) is 92.8 Å². The average Bonchev–Trinajstić information content (AvgIpc) is 2.74. The number of nitrogens with one attached hydrogen (secondary N) is 1. The van der Waals surface area contributed by atoms with Crippen molar-refractivity contribution >= 4 is 50.8 Å². The van der Waals surface area contributed by atoms with Gasteiger partial charge in [-0.25, -0.2) is 13.2 Å². The van der Waals surface area contributed by atoms with Crippen molar-refractivity contribution in [1.29, 1.82) is 0 Å². The van der Waals surface area contributed by atoms with Crippen molar-refractivity contribution in [1.82, 2.24) is 4.31 Å². The van der Waals surface area contributed by atoms with E-state index in [1.807, 2.05) is 0 Å². The quantitative estimate of drug-likeness (QED) is 0.615. The number of carbonyl (C=O) groups is 2. The van der Waals surface area contributed by atoms with Crippen LogP contribution in [0.25, 0.3) is 0 Å². The van der Waals surface area contributed by atoms with Gasteiger partial charge in [0.25, 0.3) is 5.91 Å². The predicted molar refractivity (Wildman–Crippen MR) is 119 cm³/mol. The zero-order valence-electron chi connectivity index (χ0n) is 16.8. The summed E-state index contributed by atoms with van der Waals surface area (Å²) < 4.78 is 32.5. The highest BCUT2D eigenvalue weighted by atomic mass is 35.5. The van der Waals surface area contributed by atoms with Crippen molar-refractivity contribution in [3.8, 4) is 0 Å². The van der Waals surface area contributed by atoms with E-state index >= 15 is 0 Å². The smallest absolute Gasteiger partial charge is 0.338 e. The molecule has 1 saturated heterocycles. The molecule has 1 aliphatic heterocycles. The van der Waals surface area contributed by atoms with Gasteiger partial charge in [-0.1, -0.05) is 35.7 Å². The van der Waals surface area contributed by atoms with Gasteiger partial charge in [0.05, 0.1) is 10.6 Å². The first-order valence-corrected chi connectivity index (χ1v) is 11.9. The fourth-order valence-corrected chi connectivity index (χ4v) is 5.37. The summed E-state index contributed by atoms with van der Waals surface area (Å²) in [5, 5.41) is 3.07. The molecule has 3 rings (SSSR count). The first kappa shape index (κ1) is 23.5. The molecular weight excluding hydrogens is 463 g/mol. The number of amides is 1. The van der Waals surface area contributed by atoms with Crippen molar-refractivity contribution in [3.05, 3.63) is 58.1 Å². The van der Waals surface area contributed by atoms with Crippen LogP contribution in [-0.4, -0.2) is 43.8 Å². The number of anilines is 1. The summed E-state index contributed by atoms with van der Waals surface area (Å²) in [6.45, 7) is 2.24. The summed E-state index contributed by atoms with van der Waals surface area (Å²) >= 11 is 12.0. The molecule has 1 heterocycles. The normalized spacial score (nSPS) is 15.8. The Kier molecular flexibility index (Phi) is 7.59. The van der Waals surface area contributed by atoms with Crippen molar-refractivity contribution in [2.24, 2.45) is 0 Å². The molecular formula is C21H22Cl2N2O5S. The Morgan fingerprint density at radius 2 is 1.77 bits per heavy atom. The second-order valence-corrected chi connectivity index (χ2v) is 9.91. The molecule has 1 atom stereocenters. The molecule has 1 amide bonds.